The van der Waals surface area contributed by atoms with Gasteiger partial charge in [-0.05, 0) is 0 Å². The van der Waals surface area contributed by atoms with Gasteiger partial charge in [0.2, 0.25) is 0 Å². The van der Waals surface area contributed by atoms with Crippen LogP contribution in [-0.4, -0.2) is 0 Å². The first-order valence-electron chi connectivity index (χ1n) is 6.97. The van der Waals surface area contributed by atoms with Crippen molar-refractivity contribution in [1.82, 2.24) is 0 Å². The van der Waals surface area contributed by atoms with Gasteiger partial charge < -0.3 is 26.7 Å². The molecule has 0 nitrogen and oxygen atoms in total. The van der Waals surface area contributed by atoms with Crippen molar-refractivity contribution in [3.05, 3.63) is 26.7 Å². The van der Waals surface area contributed by atoms with E-state index in [9.17, 15) is 0 Å². The third-order valence-electron chi connectivity index (χ3n) is 1.49. The van der Waals surface area contributed by atoms with Crippen molar-refractivity contribution < 1.29 is 65.4 Å². The molecule has 110 valence electrons. The van der Waals surface area contributed by atoms with Crippen molar-refractivity contribution >= 4 is 0 Å². The fraction of sp³-hybridized carbons (Fsp3) is 0.750. The molecule has 0 aliphatic rings. The van der Waals surface area contributed by atoms with Crippen molar-refractivity contribution in [2.75, 3.05) is 0 Å². The molecule has 0 amide bonds. The average Bonchev–Trinajstić information content (AvgIpc) is 2.39. The molecule has 0 heterocycles. The number of hydrogen-bond acceptors (Lipinski definition) is 0. The fourth-order valence-electron chi connectivity index (χ4n) is 0.697. The minimum Gasteiger partial charge on any atom is -0.343 e. The average molecular weight is 406 g/mol. The molecule has 0 aliphatic carbocycles. The zero-order valence-corrected chi connectivity index (χ0v) is 19.6. The first-order valence-corrected chi connectivity index (χ1v) is 6.97. The molecule has 0 aromatic heterocycles. The minimum absolute atomic E-state index is 0. The van der Waals surface area contributed by atoms with Crippen LogP contribution in [0.1, 0.15) is 80.1 Å². The van der Waals surface area contributed by atoms with Crippen molar-refractivity contribution in [3.63, 3.8) is 0 Å². The van der Waals surface area contributed by atoms with Crippen molar-refractivity contribution in [3.8, 4) is 0 Å². The van der Waals surface area contributed by atoms with Gasteiger partial charge in [0.25, 0.3) is 0 Å². The maximum atomic E-state index is 3.70. The van der Waals surface area contributed by atoms with Crippen LogP contribution in [0.5, 0.6) is 0 Å². The van der Waals surface area contributed by atoms with Gasteiger partial charge in [-0.15, -0.1) is 12.8 Å². The Morgan fingerprint density at radius 2 is 0.889 bits per heavy atom. The molecule has 0 saturated heterocycles. The van der Waals surface area contributed by atoms with Gasteiger partial charge >= 0.3 is 0 Å². The molecule has 2 radical (unpaired) electrons. The van der Waals surface area contributed by atoms with Crippen LogP contribution in [0.4, 0.5) is 0 Å². The van der Waals surface area contributed by atoms with E-state index < -0.39 is 0 Å². The summed E-state index contributed by atoms with van der Waals surface area (Å²) in [5.74, 6) is 0. The monoisotopic (exact) mass is 406 g/mol. The van der Waals surface area contributed by atoms with E-state index in [1.165, 1.54) is 25.7 Å². The van der Waals surface area contributed by atoms with E-state index in [4.69, 9.17) is 0 Å². The van der Waals surface area contributed by atoms with Gasteiger partial charge in [0.1, 0.15) is 0 Å². The molecule has 0 aromatic carbocycles. The topological polar surface area (TPSA) is 0 Å². The van der Waals surface area contributed by atoms with Crippen molar-refractivity contribution in [1.29, 1.82) is 0 Å². The maximum Gasteiger partial charge on any atom is 0 e. The predicted octanol–water partition coefficient (Wildman–Crippen LogP) is 6.48. The molecule has 0 fully saturated rings. The Kier molecular flexibility index (Phi) is 125. The molecule has 0 unspecified atom stereocenters. The second kappa shape index (κ2) is 61.1. The minimum atomic E-state index is 0. The zero-order valence-electron chi connectivity index (χ0n) is 14.0. The Bertz CT molecular complexity index is 41.1. The Morgan fingerprint density at radius 1 is 0.667 bits per heavy atom. The quantitative estimate of drug-likeness (QED) is 0.350. The molecule has 0 aromatic rings. The van der Waals surface area contributed by atoms with E-state index >= 15 is 0 Å². The maximum absolute atomic E-state index is 3.70. The van der Waals surface area contributed by atoms with Crippen LogP contribution in [0.15, 0.2) is 0 Å². The summed E-state index contributed by atoms with van der Waals surface area (Å²) in [5, 5.41) is 0. The van der Waals surface area contributed by atoms with Crippen LogP contribution in [-0.2, 0) is 65.4 Å². The Labute approximate surface area is 170 Å². The standard InChI is InChI=1S/2C6H12.2C2H6.2Y/c2*1-3-5-6-4-2;2*1-2;;/h2*4H,1,3,5-6H2,2H3;2*1-2H3;;/q2*-2;;;;. The first kappa shape index (κ1) is 36.9. The molecule has 0 aliphatic heterocycles. The molecule has 0 bridgehead atoms. The molecule has 2 heteroatoms. The van der Waals surface area contributed by atoms with Gasteiger partial charge in [0, 0.05) is 65.4 Å². The van der Waals surface area contributed by atoms with E-state index in [0.717, 1.165) is 12.8 Å². The Hall–Kier alpha value is 2.21. The van der Waals surface area contributed by atoms with Crippen LogP contribution in [0.25, 0.3) is 0 Å². The molecule has 0 saturated carbocycles. The predicted molar refractivity (Wildman–Crippen MR) is 81.1 cm³/mol. The van der Waals surface area contributed by atoms with Crippen LogP contribution in [0.3, 0.4) is 0 Å². The van der Waals surface area contributed by atoms with Gasteiger partial charge in [-0.1, -0.05) is 27.7 Å². The molecular weight excluding hydrogens is 370 g/mol. The Morgan fingerprint density at radius 3 is 0.944 bits per heavy atom. The van der Waals surface area contributed by atoms with E-state index in [1.54, 1.807) is 0 Å². The number of unbranched alkanes of at least 4 members (excludes halogenated alkanes) is 6. The van der Waals surface area contributed by atoms with E-state index in [1.807, 2.05) is 27.7 Å². The molecule has 0 atom stereocenters. The molecule has 0 rings (SSSR count). The van der Waals surface area contributed by atoms with Crippen LogP contribution >= 0.6 is 0 Å². The van der Waals surface area contributed by atoms with Crippen molar-refractivity contribution in [2.24, 2.45) is 0 Å². The van der Waals surface area contributed by atoms with Crippen LogP contribution in [0, 0.1) is 26.7 Å². The largest absolute Gasteiger partial charge is 0.343 e. The van der Waals surface area contributed by atoms with E-state index in [0.29, 0.717) is 0 Å². The number of hydrogen-bond donors (Lipinski definition) is 0. The molecule has 0 spiro atoms. The third-order valence-corrected chi connectivity index (χ3v) is 1.49. The molecule has 0 N–H and O–H groups in total. The summed E-state index contributed by atoms with van der Waals surface area (Å²) in [6, 6.07) is 0. The Balaban J connectivity index is -0.0000000287. The van der Waals surface area contributed by atoms with Crippen LogP contribution in [0.2, 0.25) is 0 Å². The van der Waals surface area contributed by atoms with Gasteiger partial charge in [-0.2, -0.15) is 39.5 Å². The zero-order chi connectivity index (χ0) is 13.7. The van der Waals surface area contributed by atoms with E-state index in [2.05, 4.69) is 40.5 Å². The second-order valence-electron chi connectivity index (χ2n) is 2.81. The smallest absolute Gasteiger partial charge is 0 e. The molecule has 18 heavy (non-hydrogen) atoms. The van der Waals surface area contributed by atoms with Gasteiger partial charge in [-0.3, -0.25) is 0 Å². The summed E-state index contributed by atoms with van der Waals surface area (Å²) in [5.41, 5.74) is 0. The fourth-order valence-corrected chi connectivity index (χ4v) is 0.697. The second-order valence-corrected chi connectivity index (χ2v) is 2.81. The summed E-state index contributed by atoms with van der Waals surface area (Å²) in [7, 11) is 0. The summed E-state index contributed by atoms with van der Waals surface area (Å²) in [4.78, 5) is 0. The van der Waals surface area contributed by atoms with Crippen molar-refractivity contribution in [2.45, 2.75) is 80.1 Å². The summed E-state index contributed by atoms with van der Waals surface area (Å²) in [6.45, 7) is 19.6. The molecular formula is C16H36Y2-4. The van der Waals surface area contributed by atoms with E-state index in [-0.39, 0.29) is 65.4 Å². The van der Waals surface area contributed by atoms with Gasteiger partial charge in [0.05, 0.1) is 0 Å². The summed E-state index contributed by atoms with van der Waals surface area (Å²) >= 11 is 0. The van der Waals surface area contributed by atoms with Gasteiger partial charge in [-0.25, -0.2) is 0 Å². The van der Waals surface area contributed by atoms with Crippen LogP contribution < -0.4 is 0 Å². The number of rotatable bonds is 6. The normalized spacial score (nSPS) is 6.67. The third kappa shape index (κ3) is 80.0. The SMILES string of the molecule is CC.CC.[CH2-]CCC[CH-]C.[CH2-]CCC[CH-]C.[Y].[Y]. The van der Waals surface area contributed by atoms with Gasteiger partial charge in [0.15, 0.2) is 0 Å². The first-order chi connectivity index (χ1) is 7.83. The summed E-state index contributed by atoms with van der Waals surface area (Å²) in [6.07, 6.45) is 11.4. The summed E-state index contributed by atoms with van der Waals surface area (Å²) < 4.78 is 0.